The smallest absolute Gasteiger partial charge is 0.319 e. The molecule has 3 amide bonds. The minimum absolute atomic E-state index is 0.103. The van der Waals surface area contributed by atoms with E-state index in [4.69, 9.17) is 0 Å². The van der Waals surface area contributed by atoms with E-state index in [-0.39, 0.29) is 11.9 Å². The first kappa shape index (κ1) is 16.5. The molecule has 0 aliphatic rings. The highest BCUT2D eigenvalue weighted by molar-refractivity contribution is 5.93. The van der Waals surface area contributed by atoms with Crippen LogP contribution >= 0.6 is 0 Å². The fraction of sp³-hybridized carbons (Fsp3) is 0.312. The van der Waals surface area contributed by atoms with Gasteiger partial charge in [-0.15, -0.1) is 0 Å². The molecule has 7 heteroatoms. The summed E-state index contributed by atoms with van der Waals surface area (Å²) in [6.45, 7) is 4.87. The van der Waals surface area contributed by atoms with Gasteiger partial charge in [0.05, 0.1) is 6.20 Å². The number of urea groups is 1. The molecule has 3 N–H and O–H groups in total. The van der Waals surface area contributed by atoms with Crippen molar-refractivity contribution in [1.82, 2.24) is 15.1 Å². The quantitative estimate of drug-likeness (QED) is 0.764. The molecule has 1 aromatic carbocycles. The minimum Gasteiger partial charge on any atom is -0.338 e. The monoisotopic (exact) mass is 315 g/mol. The average Bonchev–Trinajstić information content (AvgIpc) is 2.91. The molecule has 0 unspecified atom stereocenters. The Kier molecular flexibility index (Phi) is 5.74. The summed E-state index contributed by atoms with van der Waals surface area (Å²) in [5.41, 5.74) is 2.33. The molecule has 2 rings (SSSR count). The van der Waals surface area contributed by atoms with Crippen molar-refractivity contribution in [1.29, 1.82) is 0 Å². The summed E-state index contributed by atoms with van der Waals surface area (Å²) in [6, 6.07) is 6.75. The highest BCUT2D eigenvalue weighted by Gasteiger charge is 2.05. The highest BCUT2D eigenvalue weighted by atomic mass is 16.2. The van der Waals surface area contributed by atoms with Crippen LogP contribution in [0.4, 0.5) is 16.2 Å². The van der Waals surface area contributed by atoms with Crippen molar-refractivity contribution in [3.05, 3.63) is 42.2 Å². The molecule has 0 atom stereocenters. The fourth-order valence-corrected chi connectivity index (χ4v) is 2.04. The largest absolute Gasteiger partial charge is 0.338 e. The summed E-state index contributed by atoms with van der Waals surface area (Å²) in [7, 11) is 0. The number of amides is 3. The van der Waals surface area contributed by atoms with Gasteiger partial charge in [-0.2, -0.15) is 5.10 Å². The van der Waals surface area contributed by atoms with Gasteiger partial charge in [-0.25, -0.2) is 4.79 Å². The Labute approximate surface area is 135 Å². The SMILES string of the molecule is CCNC(=O)Nc1cccc(NC(=O)CCn2cc(C)cn2)c1. The number of hydrogen-bond donors (Lipinski definition) is 3. The van der Waals surface area contributed by atoms with E-state index in [1.54, 1.807) is 35.1 Å². The Bertz CT molecular complexity index is 681. The second-order valence-corrected chi connectivity index (χ2v) is 5.14. The number of anilines is 2. The van der Waals surface area contributed by atoms with Crippen LogP contribution in [-0.4, -0.2) is 28.3 Å². The van der Waals surface area contributed by atoms with E-state index in [2.05, 4.69) is 21.0 Å². The molecule has 0 aliphatic heterocycles. The average molecular weight is 315 g/mol. The fourth-order valence-electron chi connectivity index (χ4n) is 2.04. The van der Waals surface area contributed by atoms with Crippen LogP contribution in [0.15, 0.2) is 36.7 Å². The lowest BCUT2D eigenvalue weighted by Gasteiger charge is -2.09. The summed E-state index contributed by atoms with van der Waals surface area (Å²) < 4.78 is 1.74. The van der Waals surface area contributed by atoms with Crippen LogP contribution < -0.4 is 16.0 Å². The first-order valence-corrected chi connectivity index (χ1v) is 7.50. The highest BCUT2D eigenvalue weighted by Crippen LogP contribution is 2.15. The summed E-state index contributed by atoms with van der Waals surface area (Å²) in [4.78, 5) is 23.5. The Morgan fingerprint density at radius 1 is 1.22 bits per heavy atom. The zero-order chi connectivity index (χ0) is 16.7. The van der Waals surface area contributed by atoms with Crippen molar-refractivity contribution >= 4 is 23.3 Å². The molecule has 0 saturated carbocycles. The second kappa shape index (κ2) is 7.98. The summed E-state index contributed by atoms with van der Waals surface area (Å²) >= 11 is 0. The molecule has 23 heavy (non-hydrogen) atoms. The Morgan fingerprint density at radius 3 is 2.61 bits per heavy atom. The van der Waals surface area contributed by atoms with Gasteiger partial charge >= 0.3 is 6.03 Å². The lowest BCUT2D eigenvalue weighted by molar-refractivity contribution is -0.116. The molecule has 0 fully saturated rings. The topological polar surface area (TPSA) is 88.0 Å². The number of hydrogen-bond acceptors (Lipinski definition) is 3. The van der Waals surface area contributed by atoms with Crippen LogP contribution in [0.2, 0.25) is 0 Å². The Hall–Kier alpha value is -2.83. The molecule has 0 spiro atoms. The Morgan fingerprint density at radius 2 is 1.96 bits per heavy atom. The molecule has 0 saturated heterocycles. The van der Waals surface area contributed by atoms with Gasteiger partial charge in [0.1, 0.15) is 0 Å². The number of rotatable bonds is 6. The van der Waals surface area contributed by atoms with Gasteiger partial charge in [-0.1, -0.05) is 6.07 Å². The number of benzene rings is 1. The maximum absolute atomic E-state index is 12.0. The van der Waals surface area contributed by atoms with Crippen molar-refractivity contribution < 1.29 is 9.59 Å². The van der Waals surface area contributed by atoms with Gasteiger partial charge in [0.15, 0.2) is 0 Å². The van der Waals surface area contributed by atoms with Crippen LogP contribution in [0, 0.1) is 6.92 Å². The summed E-state index contributed by atoms with van der Waals surface area (Å²) in [5, 5.41) is 12.3. The van der Waals surface area contributed by atoms with Crippen molar-refractivity contribution in [3.63, 3.8) is 0 Å². The molecule has 2 aromatic rings. The second-order valence-electron chi connectivity index (χ2n) is 5.14. The normalized spacial score (nSPS) is 10.2. The zero-order valence-electron chi connectivity index (χ0n) is 13.3. The zero-order valence-corrected chi connectivity index (χ0v) is 13.3. The Balaban J connectivity index is 1.86. The van der Waals surface area contributed by atoms with E-state index >= 15 is 0 Å². The van der Waals surface area contributed by atoms with Crippen LogP contribution in [-0.2, 0) is 11.3 Å². The van der Waals surface area contributed by atoms with Crippen molar-refractivity contribution in [2.24, 2.45) is 0 Å². The number of aryl methyl sites for hydroxylation is 2. The number of nitrogens with zero attached hydrogens (tertiary/aromatic N) is 2. The predicted octanol–water partition coefficient (Wildman–Crippen LogP) is 2.36. The van der Waals surface area contributed by atoms with Gasteiger partial charge in [-0.3, -0.25) is 9.48 Å². The first-order chi connectivity index (χ1) is 11.1. The predicted molar refractivity (Wildman–Crippen MR) is 89.3 cm³/mol. The first-order valence-electron chi connectivity index (χ1n) is 7.50. The van der Waals surface area contributed by atoms with E-state index in [0.717, 1.165) is 5.56 Å². The summed E-state index contributed by atoms with van der Waals surface area (Å²) in [5.74, 6) is -0.103. The van der Waals surface area contributed by atoms with Gasteiger partial charge in [0, 0.05) is 37.1 Å². The third kappa shape index (κ3) is 5.46. The number of carbonyl (C=O) groups is 2. The van der Waals surface area contributed by atoms with E-state index in [1.807, 2.05) is 20.0 Å². The minimum atomic E-state index is -0.273. The van der Waals surface area contributed by atoms with E-state index in [0.29, 0.717) is 30.9 Å². The molecule has 122 valence electrons. The van der Waals surface area contributed by atoms with Gasteiger partial charge < -0.3 is 16.0 Å². The molecule has 1 aromatic heterocycles. The number of aromatic nitrogens is 2. The maximum atomic E-state index is 12.0. The number of carbonyl (C=O) groups excluding carboxylic acids is 2. The van der Waals surface area contributed by atoms with E-state index in [9.17, 15) is 9.59 Å². The molecule has 0 bridgehead atoms. The standard InChI is InChI=1S/C16H21N5O2/c1-3-17-16(23)20-14-6-4-5-13(9-14)19-15(22)7-8-21-11-12(2)10-18-21/h4-6,9-11H,3,7-8H2,1-2H3,(H,19,22)(H2,17,20,23). The van der Waals surface area contributed by atoms with Gasteiger partial charge in [0.25, 0.3) is 0 Å². The molecule has 1 heterocycles. The molecule has 7 nitrogen and oxygen atoms in total. The van der Waals surface area contributed by atoms with Crippen LogP contribution in [0.25, 0.3) is 0 Å². The lowest BCUT2D eigenvalue weighted by atomic mass is 10.2. The molecular weight excluding hydrogens is 294 g/mol. The molecule has 0 radical (unpaired) electrons. The van der Waals surface area contributed by atoms with E-state index in [1.165, 1.54) is 0 Å². The molecule has 0 aliphatic carbocycles. The third-order valence-electron chi connectivity index (χ3n) is 3.07. The van der Waals surface area contributed by atoms with Gasteiger partial charge in [-0.05, 0) is 37.6 Å². The van der Waals surface area contributed by atoms with E-state index < -0.39 is 0 Å². The van der Waals surface area contributed by atoms with Crippen LogP contribution in [0.1, 0.15) is 18.9 Å². The molecular formula is C16H21N5O2. The third-order valence-corrected chi connectivity index (χ3v) is 3.07. The van der Waals surface area contributed by atoms with Crippen molar-refractivity contribution in [2.45, 2.75) is 26.8 Å². The number of nitrogens with one attached hydrogen (secondary N) is 3. The van der Waals surface area contributed by atoms with Crippen molar-refractivity contribution in [2.75, 3.05) is 17.2 Å². The van der Waals surface area contributed by atoms with Crippen LogP contribution in [0.5, 0.6) is 0 Å². The van der Waals surface area contributed by atoms with Gasteiger partial charge in [0.2, 0.25) is 5.91 Å². The van der Waals surface area contributed by atoms with Crippen molar-refractivity contribution in [3.8, 4) is 0 Å². The lowest BCUT2D eigenvalue weighted by Crippen LogP contribution is -2.28. The maximum Gasteiger partial charge on any atom is 0.319 e. The van der Waals surface area contributed by atoms with Crippen LogP contribution in [0.3, 0.4) is 0 Å². The summed E-state index contributed by atoms with van der Waals surface area (Å²) in [6.07, 6.45) is 3.98.